The van der Waals surface area contributed by atoms with Crippen molar-refractivity contribution in [2.45, 2.75) is 33.1 Å². The zero-order valence-corrected chi connectivity index (χ0v) is 15.4. The fourth-order valence-corrected chi connectivity index (χ4v) is 3.48. The highest BCUT2D eigenvalue weighted by molar-refractivity contribution is 5.97. The molecular formula is C21H25N3O2. The summed E-state index contributed by atoms with van der Waals surface area (Å²) in [4.78, 5) is 31.3. The molecular weight excluding hydrogens is 326 g/mol. The highest BCUT2D eigenvalue weighted by Crippen LogP contribution is 2.24. The lowest BCUT2D eigenvalue weighted by Crippen LogP contribution is -2.44. The van der Waals surface area contributed by atoms with Gasteiger partial charge in [0.15, 0.2) is 5.78 Å². The van der Waals surface area contributed by atoms with E-state index in [4.69, 9.17) is 0 Å². The van der Waals surface area contributed by atoms with Gasteiger partial charge in [0, 0.05) is 30.9 Å². The molecule has 2 amide bonds. The smallest absolute Gasteiger partial charge is 0.321 e. The Morgan fingerprint density at radius 2 is 2.08 bits per heavy atom. The third-order valence-corrected chi connectivity index (χ3v) is 4.97. The number of hydrogen-bond donors (Lipinski definition) is 1. The monoisotopic (exact) mass is 351 g/mol. The molecule has 1 aliphatic rings. The number of Topliss-reactive ketones (excluding diaryl/α,β-unsaturated/α-hetero) is 1. The number of hydrogen-bond acceptors (Lipinski definition) is 3. The molecule has 3 rings (SSSR count). The van der Waals surface area contributed by atoms with Gasteiger partial charge in [-0.25, -0.2) is 4.79 Å². The zero-order valence-electron chi connectivity index (χ0n) is 15.4. The van der Waals surface area contributed by atoms with Gasteiger partial charge in [-0.15, -0.1) is 0 Å². The van der Waals surface area contributed by atoms with Crippen molar-refractivity contribution < 1.29 is 9.59 Å². The van der Waals surface area contributed by atoms with E-state index >= 15 is 0 Å². The van der Waals surface area contributed by atoms with Gasteiger partial charge < -0.3 is 10.2 Å². The number of anilines is 1. The van der Waals surface area contributed by atoms with Crippen LogP contribution in [0.1, 0.15) is 41.4 Å². The number of piperidine rings is 1. The van der Waals surface area contributed by atoms with Gasteiger partial charge in [0.25, 0.3) is 0 Å². The number of carbonyl (C=O) groups is 2. The first-order valence-electron chi connectivity index (χ1n) is 9.19. The van der Waals surface area contributed by atoms with Crippen LogP contribution in [0.25, 0.3) is 0 Å². The van der Waals surface area contributed by atoms with Gasteiger partial charge in [0.1, 0.15) is 5.69 Å². The number of nitrogens with one attached hydrogen (secondary N) is 1. The van der Waals surface area contributed by atoms with E-state index in [9.17, 15) is 9.59 Å². The van der Waals surface area contributed by atoms with Crippen LogP contribution in [0.4, 0.5) is 10.5 Å². The van der Waals surface area contributed by atoms with Crippen LogP contribution in [0.5, 0.6) is 0 Å². The third-order valence-electron chi connectivity index (χ3n) is 4.97. The molecule has 1 aliphatic heterocycles. The number of para-hydroxylation sites is 1. The van der Waals surface area contributed by atoms with Crippen LogP contribution in [0.3, 0.4) is 0 Å². The summed E-state index contributed by atoms with van der Waals surface area (Å²) in [5.74, 6) is -0.167. The molecule has 0 aliphatic carbocycles. The summed E-state index contributed by atoms with van der Waals surface area (Å²) in [6, 6.07) is 11.3. The van der Waals surface area contributed by atoms with Crippen molar-refractivity contribution in [1.29, 1.82) is 0 Å². The van der Waals surface area contributed by atoms with Crippen molar-refractivity contribution in [2.75, 3.05) is 18.4 Å². The maximum atomic E-state index is 12.8. The first-order chi connectivity index (χ1) is 12.6. The van der Waals surface area contributed by atoms with Gasteiger partial charge in [-0.3, -0.25) is 9.78 Å². The predicted molar refractivity (Wildman–Crippen MR) is 102 cm³/mol. The van der Waals surface area contributed by atoms with E-state index in [1.54, 1.807) is 23.2 Å². The molecule has 1 atom stereocenters. The minimum atomic E-state index is -0.188. The van der Waals surface area contributed by atoms with E-state index in [0.29, 0.717) is 18.8 Å². The molecule has 1 saturated heterocycles. The first-order valence-corrected chi connectivity index (χ1v) is 9.19. The number of benzene rings is 1. The molecule has 0 saturated carbocycles. The fraction of sp³-hybridized carbons (Fsp3) is 0.381. The molecule has 1 fully saturated rings. The van der Waals surface area contributed by atoms with Crippen molar-refractivity contribution in [1.82, 2.24) is 9.88 Å². The predicted octanol–water partition coefficient (Wildman–Crippen LogP) is 4.08. The Balaban J connectivity index is 1.70. The number of nitrogens with zero attached hydrogens (tertiary/aromatic N) is 2. The Bertz CT molecular complexity index is 789. The number of aryl methyl sites for hydroxylation is 2. The Labute approximate surface area is 154 Å². The number of pyridine rings is 1. The van der Waals surface area contributed by atoms with E-state index in [1.165, 1.54) is 0 Å². The standard InChI is InChI=1S/C21H25N3O2/c1-3-16-9-6-8-15(2)19(16)23-21(26)24-13-7-10-17(14-24)20(25)18-11-4-5-12-22-18/h4-6,8-9,11-12,17H,3,7,10,13-14H2,1-2H3,(H,23,26). The number of amides is 2. The van der Waals surface area contributed by atoms with Crippen LogP contribution in [-0.2, 0) is 6.42 Å². The molecule has 1 unspecified atom stereocenters. The van der Waals surface area contributed by atoms with Crippen LogP contribution < -0.4 is 5.32 Å². The largest absolute Gasteiger partial charge is 0.324 e. The summed E-state index contributed by atoms with van der Waals surface area (Å²) in [5, 5.41) is 3.06. The van der Waals surface area contributed by atoms with Crippen molar-refractivity contribution in [3.63, 3.8) is 0 Å². The molecule has 5 heteroatoms. The number of urea groups is 1. The highest BCUT2D eigenvalue weighted by Gasteiger charge is 2.29. The summed E-state index contributed by atoms with van der Waals surface area (Å²) < 4.78 is 0. The Morgan fingerprint density at radius 1 is 1.23 bits per heavy atom. The van der Waals surface area contributed by atoms with Gasteiger partial charge in [-0.1, -0.05) is 31.2 Å². The van der Waals surface area contributed by atoms with E-state index in [2.05, 4.69) is 17.2 Å². The van der Waals surface area contributed by atoms with Gasteiger partial charge >= 0.3 is 6.03 Å². The molecule has 5 nitrogen and oxygen atoms in total. The minimum Gasteiger partial charge on any atom is -0.324 e. The number of aromatic nitrogens is 1. The molecule has 1 N–H and O–H groups in total. The fourth-order valence-electron chi connectivity index (χ4n) is 3.48. The summed E-state index contributed by atoms with van der Waals surface area (Å²) in [7, 11) is 0. The van der Waals surface area contributed by atoms with E-state index in [0.717, 1.165) is 36.1 Å². The Morgan fingerprint density at radius 3 is 2.81 bits per heavy atom. The molecule has 2 aromatic rings. The first kappa shape index (κ1) is 18.1. The van der Waals surface area contributed by atoms with E-state index < -0.39 is 0 Å². The van der Waals surface area contributed by atoms with Gasteiger partial charge in [-0.05, 0) is 49.4 Å². The minimum absolute atomic E-state index is 0.0215. The van der Waals surface area contributed by atoms with Gasteiger partial charge in [-0.2, -0.15) is 0 Å². The Kier molecular flexibility index (Phi) is 5.66. The lowest BCUT2D eigenvalue weighted by atomic mass is 9.92. The van der Waals surface area contributed by atoms with Crippen LogP contribution in [0, 0.1) is 12.8 Å². The van der Waals surface area contributed by atoms with Gasteiger partial charge in [0.05, 0.1) is 0 Å². The number of carbonyl (C=O) groups excluding carboxylic acids is 2. The molecule has 0 spiro atoms. The van der Waals surface area contributed by atoms with E-state index in [-0.39, 0.29) is 17.7 Å². The average Bonchev–Trinajstić information content (AvgIpc) is 2.69. The van der Waals surface area contributed by atoms with Crippen LogP contribution in [-0.4, -0.2) is 34.8 Å². The Hall–Kier alpha value is -2.69. The summed E-state index contributed by atoms with van der Waals surface area (Å²) in [5.41, 5.74) is 3.54. The van der Waals surface area contributed by atoms with Crippen molar-refractivity contribution in [2.24, 2.45) is 5.92 Å². The second-order valence-corrected chi connectivity index (χ2v) is 6.76. The normalized spacial score (nSPS) is 17.0. The molecule has 0 bridgehead atoms. The van der Waals surface area contributed by atoms with Crippen molar-refractivity contribution in [3.05, 3.63) is 59.4 Å². The average molecular weight is 351 g/mol. The van der Waals surface area contributed by atoms with Gasteiger partial charge in [0.2, 0.25) is 0 Å². The topological polar surface area (TPSA) is 62.3 Å². The number of ketones is 1. The van der Waals surface area contributed by atoms with E-state index in [1.807, 2.05) is 31.2 Å². The highest BCUT2D eigenvalue weighted by atomic mass is 16.2. The summed E-state index contributed by atoms with van der Waals surface area (Å²) >= 11 is 0. The SMILES string of the molecule is CCc1cccc(C)c1NC(=O)N1CCCC(C(=O)c2ccccn2)C1. The quantitative estimate of drug-likeness (QED) is 0.844. The molecule has 136 valence electrons. The molecule has 2 heterocycles. The third kappa shape index (κ3) is 3.93. The van der Waals surface area contributed by atoms with Crippen molar-refractivity contribution in [3.8, 4) is 0 Å². The molecule has 0 radical (unpaired) electrons. The lowest BCUT2D eigenvalue weighted by molar-refractivity contribution is 0.0846. The molecule has 1 aromatic heterocycles. The molecule has 1 aromatic carbocycles. The summed E-state index contributed by atoms with van der Waals surface area (Å²) in [6.45, 7) is 5.19. The lowest BCUT2D eigenvalue weighted by Gasteiger charge is -2.32. The maximum Gasteiger partial charge on any atom is 0.321 e. The zero-order chi connectivity index (χ0) is 18.5. The maximum absolute atomic E-state index is 12.8. The summed E-state index contributed by atoms with van der Waals surface area (Å²) in [6.07, 6.45) is 4.11. The second kappa shape index (κ2) is 8.13. The number of rotatable bonds is 4. The van der Waals surface area contributed by atoms with Crippen LogP contribution in [0.15, 0.2) is 42.6 Å². The van der Waals surface area contributed by atoms with Crippen LogP contribution in [0.2, 0.25) is 0 Å². The number of likely N-dealkylation sites (tertiary alicyclic amines) is 1. The molecule has 26 heavy (non-hydrogen) atoms. The van der Waals surface area contributed by atoms with Crippen LogP contribution >= 0.6 is 0 Å². The second-order valence-electron chi connectivity index (χ2n) is 6.76. The van der Waals surface area contributed by atoms with Crippen molar-refractivity contribution >= 4 is 17.5 Å².